The van der Waals surface area contributed by atoms with Crippen LogP contribution in [0.5, 0.6) is 0 Å². The van der Waals surface area contributed by atoms with Crippen molar-refractivity contribution in [3.05, 3.63) is 69.8 Å². The molecule has 31 heavy (non-hydrogen) atoms. The maximum Gasteiger partial charge on any atom is 0.420 e. The van der Waals surface area contributed by atoms with Crippen LogP contribution in [0.25, 0.3) is 11.1 Å². The summed E-state index contributed by atoms with van der Waals surface area (Å²) in [6.07, 6.45) is 2.06. The molecule has 0 aliphatic heterocycles. The summed E-state index contributed by atoms with van der Waals surface area (Å²) in [5.41, 5.74) is 2.94. The molecule has 1 aliphatic rings. The average Bonchev–Trinajstić information content (AvgIpc) is 3.40. The smallest absolute Gasteiger partial charge is 0.408 e. The van der Waals surface area contributed by atoms with Crippen LogP contribution >= 0.6 is 0 Å². The molecule has 0 bridgehead atoms. The van der Waals surface area contributed by atoms with Gasteiger partial charge in [-0.2, -0.15) is 4.98 Å². The maximum absolute atomic E-state index is 12.9. The number of rotatable bonds is 6. The van der Waals surface area contributed by atoms with E-state index in [4.69, 9.17) is 8.94 Å². The van der Waals surface area contributed by atoms with E-state index < -0.39 is 15.8 Å². The molecule has 1 N–H and O–H groups in total. The summed E-state index contributed by atoms with van der Waals surface area (Å²) in [6, 6.07) is 9.72. The van der Waals surface area contributed by atoms with Gasteiger partial charge in [0.25, 0.3) is 10.0 Å². The first-order valence-electron chi connectivity index (χ1n) is 9.87. The van der Waals surface area contributed by atoms with Crippen LogP contribution in [0, 0.1) is 13.8 Å². The highest BCUT2D eigenvalue weighted by Gasteiger charge is 2.30. The first kappa shape index (κ1) is 19.6. The highest BCUT2D eigenvalue weighted by molar-refractivity contribution is 7.92. The Balaban J connectivity index is 1.46. The lowest BCUT2D eigenvalue weighted by molar-refractivity contribution is 0.372. The van der Waals surface area contributed by atoms with Crippen LogP contribution in [0.15, 0.2) is 55.0 Å². The van der Waals surface area contributed by atoms with Gasteiger partial charge in [-0.3, -0.25) is 9.29 Å². The van der Waals surface area contributed by atoms with E-state index in [-0.39, 0.29) is 17.0 Å². The van der Waals surface area contributed by atoms with Crippen molar-refractivity contribution in [3.8, 4) is 0 Å². The van der Waals surface area contributed by atoms with E-state index in [0.717, 1.165) is 24.0 Å². The predicted molar refractivity (Wildman–Crippen MR) is 113 cm³/mol. The summed E-state index contributed by atoms with van der Waals surface area (Å²) in [7, 11) is -3.87. The molecule has 2 heterocycles. The predicted octanol–water partition coefficient (Wildman–Crippen LogP) is 3.32. The van der Waals surface area contributed by atoms with Crippen LogP contribution in [0.1, 0.15) is 41.6 Å². The fourth-order valence-corrected chi connectivity index (χ4v) is 4.54. The molecular formula is C21H20N4O5S. The fourth-order valence-electron chi connectivity index (χ4n) is 3.40. The standard InChI is InChI=1S/C21H20N4O5S/c1-12-4-3-5-16(13(12)2)24-31(27,28)15-8-9-17-18(10-15)29-21(26)25(17)11-19-22-20(30-23-19)14-6-7-14/h3-5,8-10,14,24H,6-7,11H2,1-2H3. The highest BCUT2D eigenvalue weighted by atomic mass is 32.2. The van der Waals surface area contributed by atoms with Crippen molar-refractivity contribution in [2.45, 2.75) is 44.0 Å². The zero-order valence-electron chi connectivity index (χ0n) is 17.0. The van der Waals surface area contributed by atoms with Crippen LogP contribution in [-0.4, -0.2) is 23.1 Å². The lowest BCUT2D eigenvalue weighted by Crippen LogP contribution is -2.16. The number of sulfonamides is 1. The lowest BCUT2D eigenvalue weighted by Gasteiger charge is -2.12. The number of anilines is 1. The number of hydrogen-bond acceptors (Lipinski definition) is 7. The first-order valence-corrected chi connectivity index (χ1v) is 11.3. The summed E-state index contributed by atoms with van der Waals surface area (Å²) in [5.74, 6) is 0.655. The van der Waals surface area contributed by atoms with Gasteiger partial charge in [-0.1, -0.05) is 17.3 Å². The van der Waals surface area contributed by atoms with Gasteiger partial charge in [-0.25, -0.2) is 13.2 Å². The number of oxazole rings is 1. The average molecular weight is 440 g/mol. The SMILES string of the molecule is Cc1cccc(NS(=O)(=O)c2ccc3c(c2)oc(=O)n3Cc2noc(C3CC3)n2)c1C. The second kappa shape index (κ2) is 7.09. The van der Waals surface area contributed by atoms with E-state index >= 15 is 0 Å². The summed E-state index contributed by atoms with van der Waals surface area (Å²) in [4.78, 5) is 16.7. The summed E-state index contributed by atoms with van der Waals surface area (Å²) >= 11 is 0. The molecule has 1 fully saturated rings. The minimum atomic E-state index is -3.87. The molecule has 2 aromatic carbocycles. The van der Waals surface area contributed by atoms with E-state index in [2.05, 4.69) is 14.9 Å². The second-order valence-electron chi connectivity index (χ2n) is 7.76. The monoisotopic (exact) mass is 440 g/mol. The molecule has 1 aliphatic carbocycles. The number of fused-ring (bicyclic) bond motifs is 1. The van der Waals surface area contributed by atoms with Crippen LogP contribution in [0.3, 0.4) is 0 Å². The van der Waals surface area contributed by atoms with Crippen LogP contribution in [-0.2, 0) is 16.6 Å². The van der Waals surface area contributed by atoms with E-state index in [1.54, 1.807) is 18.2 Å². The molecule has 0 spiro atoms. The Morgan fingerprint density at radius 1 is 1.19 bits per heavy atom. The third kappa shape index (κ3) is 3.63. The molecule has 0 atom stereocenters. The molecule has 4 aromatic rings. The number of hydrogen-bond donors (Lipinski definition) is 1. The molecule has 0 saturated heterocycles. The van der Waals surface area contributed by atoms with Crippen molar-refractivity contribution in [1.29, 1.82) is 0 Å². The van der Waals surface area contributed by atoms with Crippen LogP contribution in [0.4, 0.5) is 5.69 Å². The van der Waals surface area contributed by atoms with Crippen LogP contribution < -0.4 is 10.5 Å². The van der Waals surface area contributed by atoms with E-state index in [1.165, 1.54) is 16.7 Å². The molecule has 9 nitrogen and oxygen atoms in total. The molecule has 10 heteroatoms. The zero-order valence-corrected chi connectivity index (χ0v) is 17.8. The quantitative estimate of drug-likeness (QED) is 0.488. The topological polar surface area (TPSA) is 120 Å². The van der Waals surface area contributed by atoms with Gasteiger partial charge < -0.3 is 8.94 Å². The molecule has 2 aromatic heterocycles. The minimum absolute atomic E-state index is 0.00242. The van der Waals surface area contributed by atoms with Crippen molar-refractivity contribution < 1.29 is 17.4 Å². The lowest BCUT2D eigenvalue weighted by atomic mass is 10.1. The molecule has 1 saturated carbocycles. The van der Waals surface area contributed by atoms with Crippen molar-refractivity contribution in [3.63, 3.8) is 0 Å². The normalized spacial score (nSPS) is 14.3. The molecular weight excluding hydrogens is 420 g/mol. The van der Waals surface area contributed by atoms with Gasteiger partial charge in [-0.05, 0) is 56.0 Å². The van der Waals surface area contributed by atoms with Gasteiger partial charge >= 0.3 is 5.76 Å². The summed E-state index contributed by atoms with van der Waals surface area (Å²) in [6.45, 7) is 3.84. The number of nitrogens with zero attached hydrogens (tertiary/aromatic N) is 3. The number of aryl methyl sites for hydroxylation is 1. The Morgan fingerprint density at radius 3 is 2.77 bits per heavy atom. The summed E-state index contributed by atoms with van der Waals surface area (Å²) in [5, 5.41) is 3.93. The van der Waals surface area contributed by atoms with E-state index in [0.29, 0.717) is 28.8 Å². The third-order valence-electron chi connectivity index (χ3n) is 5.51. The summed E-state index contributed by atoms with van der Waals surface area (Å²) < 4.78 is 40.3. The van der Waals surface area contributed by atoms with Gasteiger partial charge in [0.1, 0.15) is 0 Å². The second-order valence-corrected chi connectivity index (χ2v) is 9.44. The first-order chi connectivity index (χ1) is 14.8. The largest absolute Gasteiger partial charge is 0.420 e. The molecule has 0 unspecified atom stereocenters. The van der Waals surface area contributed by atoms with Crippen molar-refractivity contribution >= 4 is 26.8 Å². The third-order valence-corrected chi connectivity index (χ3v) is 6.87. The maximum atomic E-state index is 12.9. The molecule has 0 radical (unpaired) electrons. The Hall–Kier alpha value is -3.40. The van der Waals surface area contributed by atoms with Crippen molar-refractivity contribution in [2.24, 2.45) is 0 Å². The van der Waals surface area contributed by atoms with E-state index in [1.807, 2.05) is 19.9 Å². The van der Waals surface area contributed by atoms with Gasteiger partial charge in [0, 0.05) is 12.0 Å². The van der Waals surface area contributed by atoms with Crippen molar-refractivity contribution in [1.82, 2.24) is 14.7 Å². The van der Waals surface area contributed by atoms with E-state index in [9.17, 15) is 13.2 Å². The Bertz CT molecular complexity index is 1460. The molecule has 0 amide bonds. The molecule has 5 rings (SSSR count). The van der Waals surface area contributed by atoms with Crippen LogP contribution in [0.2, 0.25) is 0 Å². The van der Waals surface area contributed by atoms with Gasteiger partial charge in [0.2, 0.25) is 5.89 Å². The van der Waals surface area contributed by atoms with Gasteiger partial charge in [0.15, 0.2) is 11.4 Å². The number of nitrogens with one attached hydrogen (secondary N) is 1. The fraction of sp³-hybridized carbons (Fsp3) is 0.286. The Kier molecular flexibility index (Phi) is 4.47. The Morgan fingerprint density at radius 2 is 2.00 bits per heavy atom. The zero-order chi connectivity index (χ0) is 21.8. The minimum Gasteiger partial charge on any atom is -0.408 e. The van der Waals surface area contributed by atoms with Gasteiger partial charge in [0.05, 0.1) is 22.6 Å². The van der Waals surface area contributed by atoms with Gasteiger partial charge in [-0.15, -0.1) is 0 Å². The molecule has 160 valence electrons. The number of aromatic nitrogens is 3. The number of benzene rings is 2. The van der Waals surface area contributed by atoms with Crippen molar-refractivity contribution in [2.75, 3.05) is 4.72 Å². The Labute approximate surface area is 177 Å². The highest BCUT2D eigenvalue weighted by Crippen LogP contribution is 2.38.